The summed E-state index contributed by atoms with van der Waals surface area (Å²) in [6.07, 6.45) is 3.35. The van der Waals surface area contributed by atoms with Crippen LogP contribution in [0.5, 0.6) is 0 Å². The van der Waals surface area contributed by atoms with Gasteiger partial charge in [0, 0.05) is 23.8 Å². The van der Waals surface area contributed by atoms with Gasteiger partial charge in [0.1, 0.15) is 0 Å². The van der Waals surface area contributed by atoms with Gasteiger partial charge in [-0.15, -0.1) is 22.4 Å². The van der Waals surface area contributed by atoms with Crippen LogP contribution in [0.1, 0.15) is 0 Å². The van der Waals surface area contributed by atoms with Crippen molar-refractivity contribution in [2.24, 2.45) is 0 Å². The van der Waals surface area contributed by atoms with Gasteiger partial charge in [0.15, 0.2) is 5.43 Å². The number of aromatic nitrogens is 4. The summed E-state index contributed by atoms with van der Waals surface area (Å²) in [5, 5.41) is 2.50. The van der Waals surface area contributed by atoms with Crippen molar-refractivity contribution >= 4 is 21.8 Å². The van der Waals surface area contributed by atoms with E-state index >= 15 is 0 Å². The minimum atomic E-state index is -0.101. The molecule has 0 spiro atoms. The summed E-state index contributed by atoms with van der Waals surface area (Å²) in [6.45, 7) is 0. The summed E-state index contributed by atoms with van der Waals surface area (Å²) >= 11 is 0. The van der Waals surface area contributed by atoms with Crippen molar-refractivity contribution in [3.05, 3.63) is 120 Å². The Morgan fingerprint density at radius 2 is 1.00 bits per heavy atom. The molecule has 0 unspecified atom stereocenters. The SMILES string of the molecule is O=c1cc(-c2ccccn2)[n-]c(-c2ccccn2)c1.[Pt+2].c1ccc2c(c1)[n-]c1ccccc12. The molecule has 0 amide bonds. The molecule has 6 rings (SSSR count). The van der Waals surface area contributed by atoms with Crippen molar-refractivity contribution in [1.82, 2.24) is 19.9 Å². The van der Waals surface area contributed by atoms with Crippen LogP contribution < -0.4 is 15.4 Å². The van der Waals surface area contributed by atoms with Crippen molar-refractivity contribution in [1.29, 1.82) is 0 Å². The third-order valence-electron chi connectivity index (χ3n) is 4.99. The first-order valence-electron chi connectivity index (χ1n) is 10.2. The van der Waals surface area contributed by atoms with Gasteiger partial charge >= 0.3 is 21.1 Å². The molecular weight excluding hydrogens is 591 g/mol. The Labute approximate surface area is 204 Å². The number of benzene rings is 2. The number of fused-ring (bicyclic) bond motifs is 3. The molecule has 5 nitrogen and oxygen atoms in total. The van der Waals surface area contributed by atoms with E-state index in [4.69, 9.17) is 0 Å². The third-order valence-corrected chi connectivity index (χ3v) is 4.99. The summed E-state index contributed by atoms with van der Waals surface area (Å²) in [7, 11) is 0. The van der Waals surface area contributed by atoms with Gasteiger partial charge in [0.25, 0.3) is 0 Å². The molecule has 6 heteroatoms. The van der Waals surface area contributed by atoms with Crippen molar-refractivity contribution in [3.8, 4) is 22.8 Å². The van der Waals surface area contributed by atoms with E-state index in [9.17, 15) is 4.79 Å². The van der Waals surface area contributed by atoms with Crippen molar-refractivity contribution < 1.29 is 21.1 Å². The van der Waals surface area contributed by atoms with Crippen molar-refractivity contribution in [2.45, 2.75) is 0 Å². The summed E-state index contributed by atoms with van der Waals surface area (Å²) in [4.78, 5) is 29.1. The molecule has 0 N–H and O–H groups in total. The molecule has 33 heavy (non-hydrogen) atoms. The second-order valence-corrected chi connectivity index (χ2v) is 7.15. The van der Waals surface area contributed by atoms with E-state index in [1.165, 1.54) is 22.9 Å². The number of hydrogen-bond acceptors (Lipinski definition) is 3. The predicted octanol–water partition coefficient (Wildman–Crippen LogP) is 5.08. The predicted molar refractivity (Wildman–Crippen MR) is 127 cm³/mol. The summed E-state index contributed by atoms with van der Waals surface area (Å²) < 4.78 is 0. The van der Waals surface area contributed by atoms with Gasteiger partial charge < -0.3 is 9.97 Å². The van der Waals surface area contributed by atoms with Crippen molar-refractivity contribution in [3.63, 3.8) is 0 Å². The number of nitrogens with zero attached hydrogens (tertiary/aromatic N) is 4. The molecule has 0 aliphatic heterocycles. The number of para-hydroxylation sites is 2. The Morgan fingerprint density at radius 1 is 0.545 bits per heavy atom. The van der Waals surface area contributed by atoms with Crippen LogP contribution in [0.3, 0.4) is 0 Å². The Balaban J connectivity index is 0.000000162. The maximum Gasteiger partial charge on any atom is 2.00 e. The Bertz CT molecular complexity index is 1430. The first-order chi connectivity index (χ1) is 15.8. The molecule has 0 aliphatic carbocycles. The molecule has 0 saturated carbocycles. The quantitative estimate of drug-likeness (QED) is 0.274. The monoisotopic (exact) mass is 609 g/mol. The van der Waals surface area contributed by atoms with Gasteiger partial charge in [0.2, 0.25) is 0 Å². The van der Waals surface area contributed by atoms with Crippen LogP contribution in [0.25, 0.3) is 44.6 Å². The molecule has 162 valence electrons. The van der Waals surface area contributed by atoms with E-state index in [1.54, 1.807) is 12.4 Å². The minimum Gasteiger partial charge on any atom is -0.657 e. The molecule has 2 aromatic carbocycles. The van der Waals surface area contributed by atoms with Gasteiger partial charge in [-0.1, -0.05) is 60.7 Å². The minimum absolute atomic E-state index is 0. The Kier molecular flexibility index (Phi) is 6.91. The largest absolute Gasteiger partial charge is 2.00 e. The molecule has 4 heterocycles. The van der Waals surface area contributed by atoms with E-state index in [0.717, 1.165) is 11.0 Å². The van der Waals surface area contributed by atoms with Crippen LogP contribution in [0.2, 0.25) is 0 Å². The van der Waals surface area contributed by atoms with E-state index in [0.29, 0.717) is 22.8 Å². The molecular formula is C27H18N4OPt. The Morgan fingerprint density at radius 3 is 1.45 bits per heavy atom. The summed E-state index contributed by atoms with van der Waals surface area (Å²) in [5.74, 6) is 0. The van der Waals surface area contributed by atoms with Crippen LogP contribution in [0, 0.1) is 0 Å². The van der Waals surface area contributed by atoms with E-state index in [2.05, 4.69) is 56.3 Å². The second-order valence-electron chi connectivity index (χ2n) is 7.15. The molecule has 0 radical (unpaired) electrons. The third kappa shape index (κ3) is 4.99. The van der Waals surface area contributed by atoms with Gasteiger partial charge in [-0.3, -0.25) is 14.8 Å². The molecule has 0 fully saturated rings. The number of rotatable bonds is 2. The molecule has 4 aromatic heterocycles. The fraction of sp³-hybridized carbons (Fsp3) is 0. The summed E-state index contributed by atoms with van der Waals surface area (Å²) in [5.41, 5.74) is 4.56. The van der Waals surface area contributed by atoms with Crippen LogP contribution in [0.15, 0.2) is 114 Å². The fourth-order valence-corrected chi connectivity index (χ4v) is 3.52. The average molecular weight is 610 g/mol. The van der Waals surface area contributed by atoms with E-state index < -0.39 is 0 Å². The summed E-state index contributed by atoms with van der Waals surface area (Å²) in [6, 6.07) is 30.5. The van der Waals surface area contributed by atoms with E-state index in [1.807, 2.05) is 48.5 Å². The second kappa shape index (κ2) is 10.2. The van der Waals surface area contributed by atoms with E-state index in [-0.39, 0.29) is 26.5 Å². The topological polar surface area (TPSA) is 71.1 Å². The number of hydrogen-bond donors (Lipinski definition) is 0. The van der Waals surface area contributed by atoms with Gasteiger partial charge in [0.05, 0.1) is 0 Å². The average Bonchev–Trinajstić information content (AvgIpc) is 3.24. The zero-order valence-electron chi connectivity index (χ0n) is 17.4. The molecule has 0 atom stereocenters. The van der Waals surface area contributed by atoms with Crippen LogP contribution in [0.4, 0.5) is 0 Å². The molecule has 0 bridgehead atoms. The normalized spacial score (nSPS) is 10.3. The van der Waals surface area contributed by atoms with Crippen LogP contribution in [-0.4, -0.2) is 9.97 Å². The van der Waals surface area contributed by atoms with Crippen LogP contribution in [-0.2, 0) is 21.1 Å². The van der Waals surface area contributed by atoms with Crippen molar-refractivity contribution in [2.75, 3.05) is 0 Å². The van der Waals surface area contributed by atoms with Gasteiger partial charge in [-0.2, -0.15) is 0 Å². The van der Waals surface area contributed by atoms with Gasteiger partial charge in [-0.05, 0) is 47.2 Å². The fourth-order valence-electron chi connectivity index (χ4n) is 3.52. The first kappa shape index (κ1) is 22.4. The molecule has 6 aromatic rings. The van der Waals surface area contributed by atoms with Gasteiger partial charge in [-0.25, -0.2) is 0 Å². The maximum absolute atomic E-state index is 11.8. The number of pyridine rings is 3. The smallest absolute Gasteiger partial charge is 0.657 e. The first-order valence-corrected chi connectivity index (χ1v) is 10.2. The van der Waals surface area contributed by atoms with Crippen LogP contribution >= 0.6 is 0 Å². The zero-order chi connectivity index (χ0) is 21.8. The molecule has 0 aliphatic rings. The Hall–Kier alpha value is -3.82. The zero-order valence-corrected chi connectivity index (χ0v) is 19.7. The standard InChI is InChI=1S/C15H11N3O.C12H8N.Pt/c19-11-9-14(12-5-1-3-7-16-12)18-15(10-11)13-6-2-4-8-17-13;1-3-7-11-9(5-1)10-6-2-4-8-12(10)13-11;/h1-10H,(H,18,19);1-8H;/q;-1;+2/p-1. The molecule has 0 saturated heterocycles. The maximum atomic E-state index is 11.8.